The molecule has 1 aromatic rings. The van der Waals surface area contributed by atoms with Crippen molar-refractivity contribution < 1.29 is 0 Å². The Kier molecular flexibility index (Phi) is 3.50. The number of benzene rings is 1. The van der Waals surface area contributed by atoms with Gasteiger partial charge < -0.3 is 4.57 Å². The highest BCUT2D eigenvalue weighted by Gasteiger charge is 2.06. The van der Waals surface area contributed by atoms with Gasteiger partial charge in [0.1, 0.15) is 8.96 Å². The normalized spacial score (nSPS) is 13.3. The highest BCUT2D eigenvalue weighted by molar-refractivity contribution is 6.53. The van der Waals surface area contributed by atoms with Crippen molar-refractivity contribution in [3.8, 4) is 0 Å². The second kappa shape index (κ2) is 4.43. The molecule has 0 aliphatic rings. The topological polar surface area (TPSA) is 3.24 Å². The van der Waals surface area contributed by atoms with Crippen LogP contribution in [-0.2, 0) is 6.04 Å². The summed E-state index contributed by atoms with van der Waals surface area (Å²) in [5.74, 6) is 0. The molecule has 0 heterocycles. The number of nitrogens with zero attached hydrogens (tertiary/aromatic N) is 1. The van der Waals surface area contributed by atoms with E-state index in [1.165, 1.54) is 11.6 Å². The first-order valence-electron chi connectivity index (χ1n) is 4.40. The summed E-state index contributed by atoms with van der Waals surface area (Å²) in [5.41, 5.74) is 1.48. The summed E-state index contributed by atoms with van der Waals surface area (Å²) in [6.45, 7) is 2.38. The van der Waals surface area contributed by atoms with Crippen LogP contribution < -0.4 is 0 Å². The molecule has 1 unspecified atom stereocenters. The molecule has 0 aliphatic heterocycles. The average Bonchev–Trinajstić information content (AvgIpc) is 2.06. The first-order valence-corrected chi connectivity index (χ1v) is 6.89. The Morgan fingerprint density at radius 1 is 1.17 bits per heavy atom. The predicted octanol–water partition coefficient (Wildman–Crippen LogP) is 1.68. The van der Waals surface area contributed by atoms with Gasteiger partial charge in [0.2, 0.25) is 0 Å². The van der Waals surface area contributed by atoms with Crippen LogP contribution in [0.15, 0.2) is 30.3 Å². The minimum absolute atomic E-state index is 0.669. The smallest absolute Gasteiger partial charge is 0.112 e. The zero-order valence-electron chi connectivity index (χ0n) is 8.12. The molecule has 12 heavy (non-hydrogen) atoms. The van der Waals surface area contributed by atoms with Gasteiger partial charge in [0.05, 0.1) is 0 Å². The maximum atomic E-state index is 2.38. The summed E-state index contributed by atoms with van der Waals surface area (Å²) < 4.78 is 2.38. The first kappa shape index (κ1) is 9.48. The fourth-order valence-electron chi connectivity index (χ4n) is 1.14. The van der Waals surface area contributed by atoms with Gasteiger partial charge in [-0.05, 0) is 25.7 Å². The van der Waals surface area contributed by atoms with Crippen molar-refractivity contribution in [2.75, 3.05) is 14.1 Å². The molecular weight excluding hydrogens is 162 g/mol. The van der Waals surface area contributed by atoms with E-state index in [-0.39, 0.29) is 0 Å². The van der Waals surface area contributed by atoms with Crippen molar-refractivity contribution in [1.82, 2.24) is 4.57 Å². The second-order valence-corrected chi connectivity index (χ2v) is 6.64. The van der Waals surface area contributed by atoms with Crippen LogP contribution in [0.5, 0.6) is 0 Å². The fraction of sp³-hybridized carbons (Fsp3) is 0.400. The lowest BCUT2D eigenvalue weighted by atomic mass is 10.2. The molecule has 2 heteroatoms. The lowest BCUT2D eigenvalue weighted by Gasteiger charge is -2.17. The molecule has 1 rings (SSSR count). The van der Waals surface area contributed by atoms with E-state index in [2.05, 4.69) is 55.5 Å². The van der Waals surface area contributed by atoms with E-state index in [1.807, 2.05) is 0 Å². The lowest BCUT2D eigenvalue weighted by molar-refractivity contribution is 0.639. The van der Waals surface area contributed by atoms with Gasteiger partial charge in [0.15, 0.2) is 0 Å². The molecule has 0 spiro atoms. The van der Waals surface area contributed by atoms with Gasteiger partial charge in [-0.15, -0.1) is 0 Å². The Morgan fingerprint density at radius 3 is 2.25 bits per heavy atom. The summed E-state index contributed by atoms with van der Waals surface area (Å²) in [7, 11) is 3.69. The molecule has 1 aromatic carbocycles. The summed E-state index contributed by atoms with van der Waals surface area (Å²) >= 11 is 0. The third kappa shape index (κ3) is 2.79. The van der Waals surface area contributed by atoms with E-state index in [0.29, 0.717) is 0 Å². The SMILES string of the molecule is CN(C)[SiH](C)Cc1ccccc1. The third-order valence-electron chi connectivity index (χ3n) is 2.26. The highest BCUT2D eigenvalue weighted by atomic mass is 28.3. The van der Waals surface area contributed by atoms with Crippen LogP contribution >= 0.6 is 0 Å². The molecule has 0 amide bonds. The molecule has 1 atom stereocenters. The van der Waals surface area contributed by atoms with Crippen LogP contribution in [0.25, 0.3) is 0 Å². The largest absolute Gasteiger partial charge is 0.331 e. The molecule has 0 fully saturated rings. The summed E-state index contributed by atoms with van der Waals surface area (Å²) in [6, 6.07) is 12.0. The van der Waals surface area contributed by atoms with Crippen LogP contribution in [-0.4, -0.2) is 27.6 Å². The van der Waals surface area contributed by atoms with Crippen molar-refractivity contribution in [3.63, 3.8) is 0 Å². The molecule has 0 radical (unpaired) electrons. The zero-order valence-corrected chi connectivity index (χ0v) is 9.27. The molecule has 0 aromatic heterocycles. The Balaban J connectivity index is 2.53. The molecule has 0 saturated carbocycles. The van der Waals surface area contributed by atoms with Gasteiger partial charge in [-0.2, -0.15) is 0 Å². The second-order valence-electron chi connectivity index (χ2n) is 3.50. The zero-order chi connectivity index (χ0) is 8.97. The van der Waals surface area contributed by atoms with Crippen molar-refractivity contribution in [3.05, 3.63) is 35.9 Å². The van der Waals surface area contributed by atoms with Crippen molar-refractivity contribution in [1.29, 1.82) is 0 Å². The Labute approximate surface area is 76.7 Å². The molecule has 0 aliphatic carbocycles. The molecule has 0 bridgehead atoms. The number of rotatable bonds is 3. The van der Waals surface area contributed by atoms with Crippen molar-refractivity contribution >= 4 is 8.96 Å². The Hall–Kier alpha value is -0.603. The minimum Gasteiger partial charge on any atom is -0.331 e. The van der Waals surface area contributed by atoms with E-state index in [0.717, 1.165) is 0 Å². The van der Waals surface area contributed by atoms with Gasteiger partial charge >= 0.3 is 0 Å². The van der Waals surface area contributed by atoms with Crippen LogP contribution in [0.4, 0.5) is 0 Å². The van der Waals surface area contributed by atoms with E-state index in [4.69, 9.17) is 0 Å². The molecule has 1 nitrogen and oxygen atoms in total. The number of hydrogen-bond donors (Lipinski definition) is 0. The maximum absolute atomic E-state index is 2.38. The fourth-order valence-corrected chi connectivity index (χ4v) is 2.46. The lowest BCUT2D eigenvalue weighted by Crippen LogP contribution is -2.31. The highest BCUT2D eigenvalue weighted by Crippen LogP contribution is 2.02. The van der Waals surface area contributed by atoms with Crippen LogP contribution in [0.2, 0.25) is 6.55 Å². The summed E-state index contributed by atoms with van der Waals surface area (Å²) in [6.07, 6.45) is 0. The van der Waals surface area contributed by atoms with E-state index < -0.39 is 8.96 Å². The van der Waals surface area contributed by atoms with E-state index in [1.54, 1.807) is 0 Å². The van der Waals surface area contributed by atoms with Gasteiger partial charge in [-0.3, -0.25) is 0 Å². The van der Waals surface area contributed by atoms with Gasteiger partial charge in [-0.25, -0.2) is 0 Å². The van der Waals surface area contributed by atoms with Crippen LogP contribution in [0, 0.1) is 0 Å². The predicted molar refractivity (Wildman–Crippen MR) is 56.8 cm³/mol. The maximum Gasteiger partial charge on any atom is 0.112 e. The minimum atomic E-state index is -0.669. The molecule has 0 saturated heterocycles. The first-order chi connectivity index (χ1) is 5.70. The molecular formula is C10H17NSi. The van der Waals surface area contributed by atoms with Crippen LogP contribution in [0.3, 0.4) is 0 Å². The van der Waals surface area contributed by atoms with Gasteiger partial charge in [0, 0.05) is 0 Å². The molecule has 0 N–H and O–H groups in total. The van der Waals surface area contributed by atoms with Gasteiger partial charge in [0.25, 0.3) is 0 Å². The molecule has 66 valence electrons. The Morgan fingerprint density at radius 2 is 1.75 bits per heavy atom. The monoisotopic (exact) mass is 179 g/mol. The van der Waals surface area contributed by atoms with Gasteiger partial charge in [-0.1, -0.05) is 36.9 Å². The van der Waals surface area contributed by atoms with E-state index >= 15 is 0 Å². The van der Waals surface area contributed by atoms with Crippen molar-refractivity contribution in [2.45, 2.75) is 12.6 Å². The summed E-state index contributed by atoms with van der Waals surface area (Å²) in [5, 5.41) is 0. The third-order valence-corrected chi connectivity index (χ3v) is 5.08. The van der Waals surface area contributed by atoms with Crippen molar-refractivity contribution in [2.24, 2.45) is 0 Å². The Bertz CT molecular complexity index is 221. The quantitative estimate of drug-likeness (QED) is 0.638. The number of hydrogen-bond acceptors (Lipinski definition) is 1. The average molecular weight is 179 g/mol. The summed E-state index contributed by atoms with van der Waals surface area (Å²) in [4.78, 5) is 0. The van der Waals surface area contributed by atoms with E-state index in [9.17, 15) is 0 Å². The standard InChI is InChI=1S/C10H17NSi/c1-11(2)12(3)9-10-7-5-4-6-8-10/h4-8,12H,9H2,1-3H3. The van der Waals surface area contributed by atoms with Crippen LogP contribution in [0.1, 0.15) is 5.56 Å².